The van der Waals surface area contributed by atoms with Crippen LogP contribution in [0.3, 0.4) is 0 Å². The molecular weight excluding hydrogens is 502 g/mol. The monoisotopic (exact) mass is 531 g/mol. The summed E-state index contributed by atoms with van der Waals surface area (Å²) < 4.78 is 29.9. The number of carbonyl (C=O) groups excluding carboxylic acids is 1. The third-order valence-electron chi connectivity index (χ3n) is 6.74. The van der Waals surface area contributed by atoms with Crippen molar-refractivity contribution >= 4 is 32.8 Å². The van der Waals surface area contributed by atoms with E-state index in [1.165, 1.54) is 12.4 Å². The van der Waals surface area contributed by atoms with E-state index >= 15 is 0 Å². The van der Waals surface area contributed by atoms with Gasteiger partial charge in [-0.1, -0.05) is 43.0 Å². The maximum atomic E-state index is 12.7. The molecule has 3 N–H and O–H groups in total. The highest BCUT2D eigenvalue weighted by Crippen LogP contribution is 2.34. The molecule has 1 fully saturated rings. The number of rotatable bonds is 7. The number of nitrogens with one attached hydrogen (secondary N) is 1. The van der Waals surface area contributed by atoms with Crippen molar-refractivity contribution in [1.82, 2.24) is 29.4 Å². The number of nitrogens with two attached hydrogens (primary N) is 1. The minimum absolute atomic E-state index is 0.0616. The first-order valence-electron chi connectivity index (χ1n) is 12.3. The van der Waals surface area contributed by atoms with Gasteiger partial charge in [0.1, 0.15) is 17.8 Å². The third kappa shape index (κ3) is 5.02. The molecule has 5 rings (SSSR count). The normalized spacial score (nSPS) is 16.0. The fraction of sp³-hybridized carbons (Fsp3) is 0.259. The van der Waals surface area contributed by atoms with E-state index in [-0.39, 0.29) is 23.4 Å². The van der Waals surface area contributed by atoms with Crippen LogP contribution in [0.25, 0.3) is 22.3 Å². The molecule has 1 atom stereocenters. The lowest BCUT2D eigenvalue weighted by Crippen LogP contribution is -2.40. The lowest BCUT2D eigenvalue weighted by Gasteiger charge is -2.32. The predicted molar refractivity (Wildman–Crippen MR) is 145 cm³/mol. The number of piperidine rings is 1. The molecule has 1 amide bonds. The molecule has 196 valence electrons. The van der Waals surface area contributed by atoms with Crippen molar-refractivity contribution in [3.8, 4) is 11.3 Å². The number of likely N-dealkylation sites (tertiary alicyclic amines) is 1. The van der Waals surface area contributed by atoms with E-state index in [2.05, 4.69) is 21.3 Å². The standard InChI is InChI=1S/C27H29N7O3S/c1-3-23(35)33-13-5-7-21(16-33)34-27-24(26(28)29-17-30-27)25(32-34)20-11-9-19(10-12-20)15-31-38(36,37)22-8-4-6-18(2)14-22/h3-4,6,8-12,14,17,21,31H,1,5,7,13,15-16H2,2H3,(H2,28,29,30). The Balaban J connectivity index is 1.41. The molecule has 0 spiro atoms. The van der Waals surface area contributed by atoms with E-state index in [1.807, 2.05) is 41.9 Å². The SMILES string of the molecule is C=CC(=O)N1CCCC(n2nc(-c3ccc(CNS(=O)(=O)c4cccc(C)c4)cc3)c3c(N)ncnc32)C1. The van der Waals surface area contributed by atoms with Crippen molar-refractivity contribution in [2.24, 2.45) is 0 Å². The zero-order valence-electron chi connectivity index (χ0n) is 21.0. The van der Waals surface area contributed by atoms with Crippen LogP contribution in [-0.4, -0.2) is 52.1 Å². The van der Waals surface area contributed by atoms with Crippen molar-refractivity contribution < 1.29 is 13.2 Å². The number of nitrogens with zero attached hydrogens (tertiary/aromatic N) is 5. The van der Waals surface area contributed by atoms with Crippen LogP contribution >= 0.6 is 0 Å². The van der Waals surface area contributed by atoms with Gasteiger partial charge >= 0.3 is 0 Å². The van der Waals surface area contributed by atoms with Crippen molar-refractivity contribution in [2.45, 2.75) is 37.2 Å². The van der Waals surface area contributed by atoms with Gasteiger partial charge in [-0.05, 0) is 49.1 Å². The Labute approximate surface area is 221 Å². The molecule has 0 radical (unpaired) electrons. The highest BCUT2D eigenvalue weighted by Gasteiger charge is 2.28. The number of nitrogen functional groups attached to an aromatic ring is 1. The second kappa shape index (κ2) is 10.3. The van der Waals surface area contributed by atoms with Crippen LogP contribution < -0.4 is 10.5 Å². The van der Waals surface area contributed by atoms with Crippen molar-refractivity contribution in [3.05, 3.63) is 78.6 Å². The van der Waals surface area contributed by atoms with Gasteiger partial charge in [0, 0.05) is 25.2 Å². The molecule has 3 heterocycles. The number of aromatic nitrogens is 4. The smallest absolute Gasteiger partial charge is 0.246 e. The summed E-state index contributed by atoms with van der Waals surface area (Å²) >= 11 is 0. The Kier molecular flexibility index (Phi) is 6.96. The first-order chi connectivity index (χ1) is 18.3. The number of benzene rings is 2. The molecule has 10 nitrogen and oxygen atoms in total. The number of hydrogen-bond acceptors (Lipinski definition) is 7. The van der Waals surface area contributed by atoms with Crippen LogP contribution in [0.4, 0.5) is 5.82 Å². The number of aryl methyl sites for hydroxylation is 1. The third-order valence-corrected chi connectivity index (χ3v) is 8.14. The number of sulfonamides is 1. The fourth-order valence-electron chi connectivity index (χ4n) is 4.76. The summed E-state index contributed by atoms with van der Waals surface area (Å²) in [5.41, 5.74) is 9.99. The summed E-state index contributed by atoms with van der Waals surface area (Å²) in [6, 6.07) is 14.2. The van der Waals surface area contributed by atoms with Crippen molar-refractivity contribution in [3.63, 3.8) is 0 Å². The van der Waals surface area contributed by atoms with Gasteiger partial charge in [-0.25, -0.2) is 27.8 Å². The molecule has 1 aliphatic heterocycles. The van der Waals surface area contributed by atoms with E-state index in [0.717, 1.165) is 29.5 Å². The van der Waals surface area contributed by atoms with Gasteiger partial charge in [0.05, 0.1) is 16.3 Å². The summed E-state index contributed by atoms with van der Waals surface area (Å²) in [6.07, 6.45) is 4.44. The van der Waals surface area contributed by atoms with E-state index in [1.54, 1.807) is 23.1 Å². The van der Waals surface area contributed by atoms with Gasteiger partial charge < -0.3 is 10.6 Å². The van der Waals surface area contributed by atoms with Crippen LogP contribution in [0.5, 0.6) is 0 Å². The van der Waals surface area contributed by atoms with E-state index in [9.17, 15) is 13.2 Å². The first kappa shape index (κ1) is 25.6. The zero-order valence-corrected chi connectivity index (χ0v) is 21.9. The van der Waals surface area contributed by atoms with Crippen LogP contribution in [-0.2, 0) is 21.4 Å². The summed E-state index contributed by atoms with van der Waals surface area (Å²) in [5, 5.41) is 5.53. The Morgan fingerprint density at radius 2 is 2.00 bits per heavy atom. The van der Waals surface area contributed by atoms with Gasteiger partial charge in [-0.2, -0.15) is 5.10 Å². The zero-order chi connectivity index (χ0) is 26.9. The molecule has 2 aromatic heterocycles. The summed E-state index contributed by atoms with van der Waals surface area (Å²) in [5.74, 6) is 0.218. The average Bonchev–Trinajstić information content (AvgIpc) is 3.33. The Hall–Kier alpha value is -4.09. The van der Waals surface area contributed by atoms with Crippen molar-refractivity contribution in [2.75, 3.05) is 18.8 Å². The number of fused-ring (bicyclic) bond motifs is 1. The van der Waals surface area contributed by atoms with Crippen LogP contribution in [0.1, 0.15) is 30.0 Å². The lowest BCUT2D eigenvalue weighted by molar-refractivity contribution is -0.127. The van der Waals surface area contributed by atoms with Gasteiger partial charge in [0.25, 0.3) is 0 Å². The Morgan fingerprint density at radius 3 is 2.74 bits per heavy atom. The number of carbonyl (C=O) groups is 1. The van der Waals surface area contributed by atoms with Gasteiger partial charge in [-0.15, -0.1) is 0 Å². The second-order valence-electron chi connectivity index (χ2n) is 9.37. The molecule has 0 saturated carbocycles. The van der Waals surface area contributed by atoms with Crippen molar-refractivity contribution in [1.29, 1.82) is 0 Å². The van der Waals surface area contributed by atoms with Gasteiger partial charge in [0.15, 0.2) is 5.65 Å². The number of amides is 1. The number of anilines is 1. The Bertz CT molecular complexity index is 1610. The first-order valence-corrected chi connectivity index (χ1v) is 13.8. The van der Waals surface area contributed by atoms with Gasteiger partial charge in [-0.3, -0.25) is 4.79 Å². The summed E-state index contributed by atoms with van der Waals surface area (Å²) in [4.78, 5) is 22.9. The molecular formula is C27H29N7O3S. The average molecular weight is 532 g/mol. The quantitative estimate of drug-likeness (QED) is 0.350. The molecule has 1 unspecified atom stereocenters. The lowest BCUT2D eigenvalue weighted by atomic mass is 10.1. The van der Waals surface area contributed by atoms with E-state index < -0.39 is 10.0 Å². The fourth-order valence-corrected chi connectivity index (χ4v) is 5.88. The van der Waals surface area contributed by atoms with E-state index in [0.29, 0.717) is 35.6 Å². The molecule has 11 heteroatoms. The van der Waals surface area contributed by atoms with Crippen LogP contribution in [0, 0.1) is 6.92 Å². The molecule has 1 saturated heterocycles. The Morgan fingerprint density at radius 1 is 1.21 bits per heavy atom. The topological polar surface area (TPSA) is 136 Å². The minimum atomic E-state index is -3.63. The highest BCUT2D eigenvalue weighted by atomic mass is 32.2. The van der Waals surface area contributed by atoms with Crippen LogP contribution in [0.15, 0.2) is 72.4 Å². The summed E-state index contributed by atoms with van der Waals surface area (Å²) in [7, 11) is -3.63. The van der Waals surface area contributed by atoms with Gasteiger partial charge in [0.2, 0.25) is 15.9 Å². The maximum Gasteiger partial charge on any atom is 0.246 e. The molecule has 1 aliphatic rings. The molecule has 2 aromatic carbocycles. The van der Waals surface area contributed by atoms with E-state index in [4.69, 9.17) is 10.8 Å². The van der Waals surface area contributed by atoms with Crippen LogP contribution in [0.2, 0.25) is 0 Å². The molecule has 4 aromatic rings. The highest BCUT2D eigenvalue weighted by molar-refractivity contribution is 7.89. The number of hydrogen-bond donors (Lipinski definition) is 2. The predicted octanol–water partition coefficient (Wildman–Crippen LogP) is 3.21. The molecule has 0 bridgehead atoms. The maximum absolute atomic E-state index is 12.7. The minimum Gasteiger partial charge on any atom is -0.383 e. The molecule has 0 aliphatic carbocycles. The summed E-state index contributed by atoms with van der Waals surface area (Å²) in [6.45, 7) is 6.79. The second-order valence-corrected chi connectivity index (χ2v) is 11.1. The largest absolute Gasteiger partial charge is 0.383 e. The molecule has 38 heavy (non-hydrogen) atoms.